The molecule has 5 saturated carbocycles. The molecule has 5 aliphatic rings. The van der Waals surface area contributed by atoms with Crippen molar-refractivity contribution in [2.45, 2.75) is 323 Å². The van der Waals surface area contributed by atoms with E-state index in [4.69, 9.17) is 69.8 Å². The standard InChI is InChI=1S/5C16H27N5O2/c5*1-9-5-6-10(7-12(9)22)19-14-11(13(17)23)8-18-15(20-14)21-16(2,3)4/h5*8-10,12,22H,5-7H2,1-4H3,(H2,17,23)(H2,18,19,20,21)/i5D2,6D2,7D2,10D,12D;5D,6D2,7D2,10D,12D;5D,6D2,7D2,10D;6D2,7D2,10D;1D3,9D. The molecule has 5 aromatic heterocycles. The number of anilines is 10. The summed E-state index contributed by atoms with van der Waals surface area (Å²) in [5.74, 6) is -12.7. The van der Waals surface area contributed by atoms with Crippen LogP contribution in [-0.4, -0.2) is 193 Å². The first-order valence-electron chi connectivity index (χ1n) is 51.8. The zero-order valence-corrected chi connectivity index (χ0v) is 68.1. The van der Waals surface area contributed by atoms with Crippen LogP contribution in [0.3, 0.4) is 0 Å². The van der Waals surface area contributed by atoms with E-state index < -0.39 is 230 Å². The molecular formula is C80H135N25O10. The molecule has 5 heterocycles. The number of nitrogens with zero attached hydrogens (tertiary/aromatic N) is 10. The van der Waals surface area contributed by atoms with Gasteiger partial charge >= 0.3 is 0 Å². The molecule has 35 nitrogen and oxygen atoms in total. The summed E-state index contributed by atoms with van der Waals surface area (Å²) in [7, 11) is 0. The first kappa shape index (κ1) is 58.4. The van der Waals surface area contributed by atoms with E-state index in [1.807, 2.05) is 83.1 Å². The fraction of sp³-hybridized carbons (Fsp3) is 0.688. The molecule has 5 aromatic rings. The number of nitrogens with two attached hydrogens (primary N) is 5. The van der Waals surface area contributed by atoms with Gasteiger partial charge in [-0.05, 0) is 229 Å². The van der Waals surface area contributed by atoms with Crippen LogP contribution in [0.25, 0.3) is 0 Å². The third-order valence-electron chi connectivity index (χ3n) is 15.6. The quantitative estimate of drug-likeness (QED) is 0.0346. The number of hydrogen-bond acceptors (Lipinski definition) is 30. The van der Waals surface area contributed by atoms with Crippen LogP contribution in [0.4, 0.5) is 58.8 Å². The molecule has 640 valence electrons. The van der Waals surface area contributed by atoms with E-state index in [-0.39, 0.29) is 94.3 Å². The summed E-state index contributed by atoms with van der Waals surface area (Å²) < 4.78 is 246. The Labute approximate surface area is 720 Å². The van der Waals surface area contributed by atoms with E-state index in [9.17, 15) is 49.5 Å². The van der Waals surface area contributed by atoms with Crippen molar-refractivity contribution >= 4 is 88.4 Å². The van der Waals surface area contributed by atoms with Gasteiger partial charge in [0.2, 0.25) is 29.7 Å². The molecule has 17 atom stereocenters. The van der Waals surface area contributed by atoms with Crippen LogP contribution in [0.15, 0.2) is 31.0 Å². The molecule has 5 aliphatic carbocycles. The van der Waals surface area contributed by atoms with Crippen molar-refractivity contribution in [1.29, 1.82) is 0 Å². The molecule has 0 spiro atoms. The smallest absolute Gasteiger partial charge is 0.254 e. The number of hydrogen-bond donors (Lipinski definition) is 20. The van der Waals surface area contributed by atoms with Crippen molar-refractivity contribution in [1.82, 2.24) is 49.8 Å². The first-order valence-corrected chi connectivity index (χ1v) is 36.6. The summed E-state index contributed by atoms with van der Waals surface area (Å²) in [5.41, 5.74) is 23.3. The van der Waals surface area contributed by atoms with E-state index in [0.29, 0.717) is 12.4 Å². The molecular weight excluding hydrogens is 1470 g/mol. The van der Waals surface area contributed by atoms with Gasteiger partial charge in [-0.3, -0.25) is 24.0 Å². The lowest BCUT2D eigenvalue weighted by Crippen LogP contribution is -2.36. The molecule has 0 bridgehead atoms. The van der Waals surface area contributed by atoms with Crippen molar-refractivity contribution in [2.75, 3.05) is 53.2 Å². The number of aromatic nitrogens is 10. The van der Waals surface area contributed by atoms with E-state index in [1.165, 1.54) is 27.0 Å². The number of aliphatic hydroxyl groups excluding tert-OH is 3. The van der Waals surface area contributed by atoms with Gasteiger partial charge in [0, 0.05) is 122 Å². The molecule has 0 aliphatic heterocycles. The summed E-state index contributed by atoms with van der Waals surface area (Å²) >= 11 is 0. The number of aliphatic hydroxyl groups is 5. The van der Waals surface area contributed by atoms with Gasteiger partial charge in [0.05, 0.1) is 66.5 Å². The second-order valence-corrected chi connectivity index (χ2v) is 32.5. The summed E-state index contributed by atoms with van der Waals surface area (Å²) in [6.07, 6.45) is -35.1. The van der Waals surface area contributed by atoms with Crippen molar-refractivity contribution in [3.05, 3.63) is 58.8 Å². The predicted octanol–water partition coefficient (Wildman–Crippen LogP) is 8.74. The van der Waals surface area contributed by atoms with Crippen molar-refractivity contribution in [2.24, 2.45) is 58.2 Å². The van der Waals surface area contributed by atoms with E-state index in [2.05, 4.69) is 103 Å². The molecule has 17 unspecified atom stereocenters. The van der Waals surface area contributed by atoms with E-state index in [1.54, 1.807) is 20.8 Å². The van der Waals surface area contributed by atoms with Crippen molar-refractivity contribution < 1.29 is 90.6 Å². The lowest BCUT2D eigenvalue weighted by Gasteiger charge is -2.32. The number of nitrogens with one attached hydrogen (secondary N) is 10. The van der Waals surface area contributed by atoms with Crippen molar-refractivity contribution in [3.8, 4) is 0 Å². The summed E-state index contributed by atoms with van der Waals surface area (Å²) in [4.78, 5) is 99.5. The topological polar surface area (TPSA) is 566 Å². The molecule has 35 heteroatoms. The second kappa shape index (κ2) is 40.9. The average Bonchev–Trinajstić information content (AvgIpc) is 0.671. The molecule has 10 rings (SSSR count). The Morgan fingerprint density at radius 1 is 0.374 bits per heavy atom. The Morgan fingerprint density at radius 2 is 0.661 bits per heavy atom. The lowest BCUT2D eigenvalue weighted by molar-refractivity contribution is 0.0737. The number of rotatable bonds is 20. The summed E-state index contributed by atoms with van der Waals surface area (Å²) in [6, 6.07) is -12.2. The molecule has 25 N–H and O–H groups in total. The minimum absolute atomic E-state index is 0.00698. The summed E-state index contributed by atoms with van der Waals surface area (Å²) in [5, 5.41) is 79.0. The maximum Gasteiger partial charge on any atom is 0.254 e. The van der Waals surface area contributed by atoms with Gasteiger partial charge in [-0.2, -0.15) is 24.9 Å². The Morgan fingerprint density at radius 3 is 0.974 bits per heavy atom. The van der Waals surface area contributed by atoms with Gasteiger partial charge in [-0.15, -0.1) is 0 Å². The van der Waals surface area contributed by atoms with E-state index >= 15 is 0 Å². The fourth-order valence-electron chi connectivity index (χ4n) is 9.81. The molecule has 115 heavy (non-hydrogen) atoms. The highest BCUT2D eigenvalue weighted by Gasteiger charge is 2.34. The highest BCUT2D eigenvalue weighted by Crippen LogP contribution is 2.34. The largest absolute Gasteiger partial charge is 0.393 e. The maximum atomic E-state index is 11.9. The minimum atomic E-state index is -3.37. The number of amides is 5. The Hall–Kier alpha value is -9.45. The Balaban J connectivity index is 0.000000277. The third-order valence-corrected chi connectivity index (χ3v) is 15.6. The van der Waals surface area contributed by atoms with Gasteiger partial charge < -0.3 is 107 Å². The van der Waals surface area contributed by atoms with Crippen LogP contribution in [-0.2, 0) is 0 Å². The fourth-order valence-corrected chi connectivity index (χ4v) is 9.81. The van der Waals surface area contributed by atoms with Crippen LogP contribution < -0.4 is 81.8 Å². The molecule has 5 amide bonds. The second-order valence-electron chi connectivity index (χ2n) is 32.5. The van der Waals surface area contributed by atoms with Gasteiger partial charge in [0.25, 0.3) is 29.5 Å². The lowest BCUT2D eigenvalue weighted by atomic mass is 9.85. The first-order chi connectivity index (χ1) is 64.6. The highest BCUT2D eigenvalue weighted by atomic mass is 16.3. The van der Waals surface area contributed by atoms with Crippen LogP contribution in [0.5, 0.6) is 0 Å². The minimum Gasteiger partial charge on any atom is -0.393 e. The summed E-state index contributed by atoms with van der Waals surface area (Å²) in [6.45, 7) is 30.1. The molecule has 5 fully saturated rings. The number of carbonyl (C=O) groups is 5. The molecule has 0 aromatic carbocycles. The van der Waals surface area contributed by atoms with Crippen LogP contribution >= 0.6 is 0 Å². The van der Waals surface area contributed by atoms with Gasteiger partial charge in [-0.25, -0.2) is 24.9 Å². The Bertz CT molecular complexity index is 5490. The highest BCUT2D eigenvalue weighted by molar-refractivity contribution is 6.00. The monoisotopic (exact) mass is 1640 g/mol. The molecule has 0 radical (unpaired) electrons. The van der Waals surface area contributed by atoms with Gasteiger partial charge in [-0.1, -0.05) is 34.5 Å². The molecule has 0 saturated heterocycles. The van der Waals surface area contributed by atoms with Crippen LogP contribution in [0.2, 0.25) is 0 Å². The zero-order valence-electron chi connectivity index (χ0n) is 98.1. The van der Waals surface area contributed by atoms with Crippen LogP contribution in [0.1, 0.15) is 327 Å². The average molecular weight is 1640 g/mol. The van der Waals surface area contributed by atoms with E-state index in [0.717, 1.165) is 31.7 Å². The number of primary amides is 5. The Kier molecular flexibility index (Phi) is 20.8. The van der Waals surface area contributed by atoms with Crippen LogP contribution in [0, 0.1) is 29.6 Å². The zero-order chi connectivity index (χ0) is 113. The maximum absolute atomic E-state index is 11.9. The normalized spacial score (nSPS) is 38.6. The predicted molar refractivity (Wildman–Crippen MR) is 452 cm³/mol. The van der Waals surface area contributed by atoms with Gasteiger partial charge in [0.15, 0.2) is 0 Å². The van der Waals surface area contributed by atoms with Crippen molar-refractivity contribution in [3.63, 3.8) is 0 Å². The SMILES string of the molecule is [2H]C([2H])([2H])C1([2H])CCC(Nc2nc(NC(C)(C)C)ncc2C(N)=O)CC1O.[2H]C1([2H])C(C)C([2H])(O)C([2H])([2H])C([2H])(Nc2nc(NC(C)(C)C)ncc2C(N)=O)C1([2H])[2H].[2H]C1([2H])CC(C)C(O)C([2H])([2H])C1([2H])Nc1nc(NC(C)(C)C)ncc1C(N)=O.[2H]C1C(C)C(O)C([2H])([2H])C([2H])(Nc2nc(NC(C)(C)C)ncc2C(N)=O)C1([2H])[2H].[2H]C1C(C)C([2H])(O)C([2H])([2H])C([2H])(Nc2nc(NC(C)(C)C)ncc2C(N)=O)C1([2H])[2H]. The number of carbonyl (C=O) groups excluding carboxylic acids is 5. The van der Waals surface area contributed by atoms with Gasteiger partial charge in [0.1, 0.15) is 29.1 Å². The third kappa shape index (κ3) is 31.9.